The second-order valence-corrected chi connectivity index (χ2v) is 9.94. The molecule has 0 atom stereocenters. The standard InChI is InChI=1S/C17H18N4O2S4/c1-10(2)8-14-19-20-16(27-14)18-13(22)5-6-21-15(23)12(26-17(21)24)9-11-4-3-7-25-11/h3-4,7,9-10H,5-6,8H2,1-2H3,(H,18,20,22)/b12-9+. The van der Waals surface area contributed by atoms with Crippen molar-refractivity contribution in [3.05, 3.63) is 37.1 Å². The van der Waals surface area contributed by atoms with Crippen LogP contribution in [-0.2, 0) is 16.0 Å². The van der Waals surface area contributed by atoms with Crippen LogP contribution in [0.2, 0.25) is 0 Å². The summed E-state index contributed by atoms with van der Waals surface area (Å²) in [7, 11) is 0. The summed E-state index contributed by atoms with van der Waals surface area (Å²) in [5.74, 6) is 0.0290. The Morgan fingerprint density at radius 3 is 3.00 bits per heavy atom. The van der Waals surface area contributed by atoms with Crippen LogP contribution < -0.4 is 4.80 Å². The van der Waals surface area contributed by atoms with Crippen LogP contribution in [-0.4, -0.2) is 37.8 Å². The number of aromatic amines is 1. The van der Waals surface area contributed by atoms with E-state index in [9.17, 15) is 9.59 Å². The topological polar surface area (TPSA) is 78.4 Å². The first-order valence-corrected chi connectivity index (χ1v) is 11.3. The van der Waals surface area contributed by atoms with Gasteiger partial charge in [0.2, 0.25) is 10.7 Å². The van der Waals surface area contributed by atoms with Gasteiger partial charge in [-0.05, 0) is 23.4 Å². The predicted molar refractivity (Wildman–Crippen MR) is 114 cm³/mol. The monoisotopic (exact) mass is 438 g/mol. The Labute approximate surface area is 174 Å². The summed E-state index contributed by atoms with van der Waals surface area (Å²) < 4.78 is 0.471. The van der Waals surface area contributed by atoms with E-state index in [-0.39, 0.29) is 24.8 Å². The number of rotatable bonds is 6. The fraction of sp³-hybridized carbons (Fsp3) is 0.353. The first-order valence-electron chi connectivity index (χ1n) is 8.33. The van der Waals surface area contributed by atoms with Gasteiger partial charge in [0.05, 0.1) is 4.91 Å². The van der Waals surface area contributed by atoms with Crippen molar-refractivity contribution in [1.29, 1.82) is 0 Å². The maximum atomic E-state index is 12.5. The minimum atomic E-state index is -0.303. The molecule has 2 aromatic rings. The van der Waals surface area contributed by atoms with Crippen molar-refractivity contribution in [2.45, 2.75) is 26.7 Å². The van der Waals surface area contributed by atoms with Gasteiger partial charge >= 0.3 is 0 Å². The van der Waals surface area contributed by atoms with Crippen molar-refractivity contribution in [2.24, 2.45) is 10.9 Å². The largest absolute Gasteiger partial charge is 0.292 e. The highest BCUT2D eigenvalue weighted by molar-refractivity contribution is 8.26. The Balaban J connectivity index is 1.60. The van der Waals surface area contributed by atoms with Crippen LogP contribution in [0.4, 0.5) is 0 Å². The number of aromatic nitrogens is 2. The highest BCUT2D eigenvalue weighted by atomic mass is 32.2. The van der Waals surface area contributed by atoms with Gasteiger partial charge in [-0.1, -0.05) is 55.2 Å². The predicted octanol–water partition coefficient (Wildman–Crippen LogP) is 3.45. The average Bonchev–Trinajstić information content (AvgIpc) is 3.30. The van der Waals surface area contributed by atoms with Gasteiger partial charge in [-0.3, -0.25) is 19.6 Å². The molecule has 10 heteroatoms. The van der Waals surface area contributed by atoms with E-state index in [4.69, 9.17) is 12.2 Å². The van der Waals surface area contributed by atoms with Crippen molar-refractivity contribution in [3.8, 4) is 0 Å². The lowest BCUT2D eigenvalue weighted by molar-refractivity contribution is -0.123. The van der Waals surface area contributed by atoms with Crippen molar-refractivity contribution in [1.82, 2.24) is 15.1 Å². The highest BCUT2D eigenvalue weighted by Crippen LogP contribution is 2.33. The molecule has 0 aliphatic carbocycles. The SMILES string of the molecule is CC(C)Cc1n[nH]/c(=N\C(=O)CCN2C(=O)/C(=C\c3cccs3)SC2=S)s1. The summed E-state index contributed by atoms with van der Waals surface area (Å²) in [6.07, 6.45) is 2.79. The van der Waals surface area contributed by atoms with Crippen LogP contribution in [0.15, 0.2) is 27.4 Å². The molecule has 1 saturated heterocycles. The van der Waals surface area contributed by atoms with E-state index in [0.29, 0.717) is 19.9 Å². The molecule has 0 spiro atoms. The number of nitrogens with one attached hydrogen (secondary N) is 1. The van der Waals surface area contributed by atoms with E-state index in [0.717, 1.165) is 16.3 Å². The fourth-order valence-corrected chi connectivity index (χ4v) is 5.32. The molecule has 2 aromatic heterocycles. The van der Waals surface area contributed by atoms with E-state index < -0.39 is 0 Å². The molecule has 1 fully saturated rings. The van der Waals surface area contributed by atoms with Crippen LogP contribution in [0.5, 0.6) is 0 Å². The third-order valence-corrected chi connectivity index (χ3v) is 6.61. The van der Waals surface area contributed by atoms with Crippen LogP contribution in [0, 0.1) is 5.92 Å². The Morgan fingerprint density at radius 2 is 2.30 bits per heavy atom. The van der Waals surface area contributed by atoms with Gasteiger partial charge in [0, 0.05) is 24.3 Å². The van der Waals surface area contributed by atoms with Crippen LogP contribution in [0.25, 0.3) is 6.08 Å². The summed E-state index contributed by atoms with van der Waals surface area (Å²) in [6, 6.07) is 3.87. The number of thiophene rings is 1. The van der Waals surface area contributed by atoms with Crippen molar-refractivity contribution < 1.29 is 9.59 Å². The molecular formula is C17H18N4O2S4. The molecular weight excluding hydrogens is 420 g/mol. The molecule has 142 valence electrons. The van der Waals surface area contributed by atoms with Gasteiger partial charge in [-0.2, -0.15) is 10.1 Å². The summed E-state index contributed by atoms with van der Waals surface area (Å²) in [4.78, 5) is 32.2. The number of hydrogen-bond acceptors (Lipinski definition) is 7. The molecule has 27 heavy (non-hydrogen) atoms. The average molecular weight is 439 g/mol. The summed E-state index contributed by atoms with van der Waals surface area (Å²) in [5.41, 5.74) is 0. The number of H-pyrrole nitrogens is 1. The van der Waals surface area contributed by atoms with Crippen molar-refractivity contribution in [3.63, 3.8) is 0 Å². The van der Waals surface area contributed by atoms with Crippen molar-refractivity contribution in [2.75, 3.05) is 6.54 Å². The molecule has 0 radical (unpaired) electrons. The Kier molecular flexibility index (Phi) is 6.74. The zero-order valence-corrected chi connectivity index (χ0v) is 18.1. The number of thiocarbonyl (C=S) groups is 1. The van der Waals surface area contributed by atoms with Crippen LogP contribution in [0.3, 0.4) is 0 Å². The third-order valence-electron chi connectivity index (χ3n) is 3.54. The molecule has 2 amide bonds. The first kappa shape index (κ1) is 20.1. The van der Waals surface area contributed by atoms with E-state index in [2.05, 4.69) is 29.0 Å². The lowest BCUT2D eigenvalue weighted by Crippen LogP contribution is -2.30. The Morgan fingerprint density at radius 1 is 1.48 bits per heavy atom. The fourth-order valence-electron chi connectivity index (χ4n) is 2.32. The molecule has 1 aliphatic heterocycles. The van der Waals surface area contributed by atoms with Crippen LogP contribution in [0.1, 0.15) is 30.2 Å². The van der Waals surface area contributed by atoms with Gasteiger partial charge in [-0.15, -0.1) is 11.3 Å². The summed E-state index contributed by atoms with van der Waals surface area (Å²) in [6.45, 7) is 4.45. The smallest absolute Gasteiger partial charge is 0.266 e. The number of amides is 2. The summed E-state index contributed by atoms with van der Waals surface area (Å²) >= 11 is 9.49. The summed E-state index contributed by atoms with van der Waals surface area (Å²) in [5, 5.41) is 9.83. The minimum Gasteiger partial charge on any atom is -0.292 e. The molecule has 0 saturated carbocycles. The maximum Gasteiger partial charge on any atom is 0.266 e. The van der Waals surface area contributed by atoms with E-state index in [1.54, 1.807) is 11.3 Å². The molecule has 3 rings (SSSR count). The molecule has 1 aliphatic rings. The molecule has 0 aromatic carbocycles. The number of hydrogen-bond donors (Lipinski definition) is 1. The number of thioether (sulfide) groups is 1. The zero-order chi connectivity index (χ0) is 19.4. The van der Waals surface area contributed by atoms with Crippen molar-refractivity contribution >= 4 is 68.9 Å². The third kappa shape index (κ3) is 5.44. The normalized spacial score (nSPS) is 16.9. The maximum absolute atomic E-state index is 12.5. The molecule has 1 N–H and O–H groups in total. The van der Waals surface area contributed by atoms with E-state index in [1.165, 1.54) is 28.0 Å². The van der Waals surface area contributed by atoms with Crippen LogP contribution >= 0.6 is 46.7 Å². The van der Waals surface area contributed by atoms with Gasteiger partial charge in [0.1, 0.15) is 9.33 Å². The number of carbonyl (C=O) groups is 2. The lowest BCUT2D eigenvalue weighted by Gasteiger charge is -2.12. The zero-order valence-electron chi connectivity index (χ0n) is 14.8. The quantitative estimate of drug-likeness (QED) is 0.552. The number of nitrogens with zero attached hydrogens (tertiary/aromatic N) is 3. The van der Waals surface area contributed by atoms with E-state index >= 15 is 0 Å². The second kappa shape index (κ2) is 9.05. The Hall–Kier alpha value is -1.62. The molecule has 6 nitrogen and oxygen atoms in total. The second-order valence-electron chi connectivity index (χ2n) is 6.23. The highest BCUT2D eigenvalue weighted by Gasteiger charge is 2.32. The number of carbonyl (C=O) groups excluding carboxylic acids is 2. The first-order chi connectivity index (χ1) is 12.9. The molecule has 0 bridgehead atoms. The Bertz CT molecular complexity index is 940. The molecule has 0 unspecified atom stereocenters. The van der Waals surface area contributed by atoms with Gasteiger partial charge in [0.15, 0.2) is 0 Å². The van der Waals surface area contributed by atoms with Gasteiger partial charge in [-0.25, -0.2) is 0 Å². The van der Waals surface area contributed by atoms with Gasteiger partial charge < -0.3 is 0 Å². The van der Waals surface area contributed by atoms with Gasteiger partial charge in [0.25, 0.3) is 5.91 Å². The molecule has 3 heterocycles. The van der Waals surface area contributed by atoms with E-state index in [1.807, 2.05) is 23.6 Å². The minimum absolute atomic E-state index is 0.115. The lowest BCUT2D eigenvalue weighted by atomic mass is 10.1.